The highest BCUT2D eigenvalue weighted by atomic mass is 16.6. The number of hydrogen-bond donors (Lipinski definition) is 1. The fraction of sp³-hybridized carbons (Fsp3) is 0.600. The molecule has 3 heterocycles. The molecule has 21 heavy (non-hydrogen) atoms. The van der Waals surface area contributed by atoms with E-state index in [9.17, 15) is 5.11 Å². The zero-order chi connectivity index (χ0) is 14.2. The summed E-state index contributed by atoms with van der Waals surface area (Å²) in [4.78, 5) is 0. The summed E-state index contributed by atoms with van der Waals surface area (Å²) in [6.07, 6.45) is 1.28. The minimum atomic E-state index is 0.133. The van der Waals surface area contributed by atoms with Gasteiger partial charge in [-0.15, -0.1) is 0 Å². The Labute approximate surface area is 122 Å². The molecule has 3 saturated heterocycles. The van der Waals surface area contributed by atoms with Crippen LogP contribution in [0.5, 0.6) is 17.2 Å². The van der Waals surface area contributed by atoms with E-state index >= 15 is 0 Å². The van der Waals surface area contributed by atoms with Crippen LogP contribution in [0.4, 0.5) is 0 Å². The van der Waals surface area contributed by atoms with Crippen molar-refractivity contribution in [1.29, 1.82) is 0 Å². The minimum absolute atomic E-state index is 0.133. The van der Waals surface area contributed by atoms with Crippen molar-refractivity contribution < 1.29 is 28.8 Å². The Kier molecular flexibility index (Phi) is 3.37. The Bertz CT molecular complexity index is 482. The number of phenolic OH excluding ortho intramolecular Hbond substituents is 1. The summed E-state index contributed by atoms with van der Waals surface area (Å²) in [5.41, 5.74) is 0.941. The molecule has 1 aromatic carbocycles. The molecule has 3 fully saturated rings. The number of epoxide rings is 3. The second-order valence-electron chi connectivity index (χ2n) is 5.61. The van der Waals surface area contributed by atoms with Crippen molar-refractivity contribution in [3.63, 3.8) is 0 Å². The van der Waals surface area contributed by atoms with Crippen LogP contribution >= 0.6 is 0 Å². The van der Waals surface area contributed by atoms with Gasteiger partial charge in [-0.05, 0) is 0 Å². The van der Waals surface area contributed by atoms with Gasteiger partial charge >= 0.3 is 0 Å². The molecule has 114 valence electrons. The third-order valence-electron chi connectivity index (χ3n) is 3.64. The van der Waals surface area contributed by atoms with Crippen LogP contribution in [0.2, 0.25) is 0 Å². The topological polar surface area (TPSA) is 76.3 Å². The first-order chi connectivity index (χ1) is 10.3. The first-order valence-corrected chi connectivity index (χ1v) is 7.24. The van der Waals surface area contributed by atoms with Crippen molar-refractivity contribution in [2.75, 3.05) is 33.0 Å². The maximum absolute atomic E-state index is 9.88. The van der Waals surface area contributed by atoms with Gasteiger partial charge in [0.25, 0.3) is 0 Å². The summed E-state index contributed by atoms with van der Waals surface area (Å²) in [5, 5.41) is 9.88. The Morgan fingerprint density at radius 3 is 1.81 bits per heavy atom. The maximum Gasteiger partial charge on any atom is 0.130 e. The zero-order valence-electron chi connectivity index (χ0n) is 11.6. The first kappa shape index (κ1) is 13.2. The van der Waals surface area contributed by atoms with Crippen molar-refractivity contribution >= 4 is 0 Å². The van der Waals surface area contributed by atoms with Crippen LogP contribution in [0.15, 0.2) is 12.1 Å². The summed E-state index contributed by atoms with van der Waals surface area (Å²) in [5.74, 6) is 1.43. The van der Waals surface area contributed by atoms with Gasteiger partial charge in [0.2, 0.25) is 0 Å². The summed E-state index contributed by atoms with van der Waals surface area (Å²) in [6.45, 7) is 3.22. The van der Waals surface area contributed by atoms with Crippen LogP contribution in [0.1, 0.15) is 5.56 Å². The number of hydrogen-bond acceptors (Lipinski definition) is 6. The van der Waals surface area contributed by atoms with Crippen LogP contribution in [0.3, 0.4) is 0 Å². The van der Waals surface area contributed by atoms with Gasteiger partial charge in [-0.2, -0.15) is 0 Å². The average Bonchev–Trinajstić information content (AvgIpc) is 3.33. The van der Waals surface area contributed by atoms with Crippen LogP contribution in [0, 0.1) is 0 Å². The van der Waals surface area contributed by atoms with E-state index in [2.05, 4.69) is 0 Å². The summed E-state index contributed by atoms with van der Waals surface area (Å²) in [6, 6.07) is 3.25. The molecule has 0 spiro atoms. The van der Waals surface area contributed by atoms with Gasteiger partial charge in [0.15, 0.2) is 0 Å². The highest BCUT2D eigenvalue weighted by Crippen LogP contribution is 2.37. The van der Waals surface area contributed by atoms with Gasteiger partial charge < -0.3 is 28.8 Å². The van der Waals surface area contributed by atoms with Crippen LogP contribution < -0.4 is 9.47 Å². The molecule has 3 aliphatic heterocycles. The monoisotopic (exact) mass is 294 g/mol. The van der Waals surface area contributed by atoms with Crippen molar-refractivity contribution in [2.24, 2.45) is 0 Å². The molecule has 0 saturated carbocycles. The first-order valence-electron chi connectivity index (χ1n) is 7.24. The number of ether oxygens (including phenoxy) is 5. The molecule has 4 rings (SSSR count). The number of aromatic hydroxyl groups is 1. The lowest BCUT2D eigenvalue weighted by molar-refractivity contribution is 0.245. The second kappa shape index (κ2) is 5.36. The smallest absolute Gasteiger partial charge is 0.130 e. The Hall–Kier alpha value is -1.50. The van der Waals surface area contributed by atoms with Crippen molar-refractivity contribution in [1.82, 2.24) is 0 Å². The van der Waals surface area contributed by atoms with Crippen molar-refractivity contribution in [3.8, 4) is 17.2 Å². The molecule has 0 bridgehead atoms. The van der Waals surface area contributed by atoms with E-state index in [0.29, 0.717) is 24.7 Å². The van der Waals surface area contributed by atoms with Gasteiger partial charge in [-0.1, -0.05) is 0 Å². The van der Waals surface area contributed by atoms with Crippen LogP contribution in [-0.4, -0.2) is 56.5 Å². The molecule has 0 aliphatic carbocycles. The molecule has 6 nitrogen and oxygen atoms in total. The largest absolute Gasteiger partial charge is 0.508 e. The summed E-state index contributed by atoms with van der Waals surface area (Å²) in [7, 11) is 0. The minimum Gasteiger partial charge on any atom is -0.508 e. The molecule has 6 heteroatoms. The van der Waals surface area contributed by atoms with Gasteiger partial charge in [-0.3, -0.25) is 0 Å². The van der Waals surface area contributed by atoms with E-state index in [4.69, 9.17) is 23.7 Å². The molecule has 3 aliphatic rings. The highest BCUT2D eigenvalue weighted by Gasteiger charge is 2.30. The van der Waals surface area contributed by atoms with Gasteiger partial charge in [0, 0.05) is 24.1 Å². The van der Waals surface area contributed by atoms with Gasteiger partial charge in [-0.25, -0.2) is 0 Å². The average molecular weight is 294 g/mol. The summed E-state index contributed by atoms with van der Waals surface area (Å²) < 4.78 is 27.2. The Morgan fingerprint density at radius 2 is 1.38 bits per heavy atom. The lowest BCUT2D eigenvalue weighted by Crippen LogP contribution is -2.10. The SMILES string of the molecule is Oc1cc(OCC2CO2)c(CC2CO2)c(OCC2CO2)c1. The molecule has 0 amide bonds. The van der Waals surface area contributed by atoms with Crippen molar-refractivity contribution in [3.05, 3.63) is 17.7 Å². The fourth-order valence-corrected chi connectivity index (χ4v) is 2.17. The third kappa shape index (κ3) is 3.58. The molecule has 3 unspecified atom stereocenters. The third-order valence-corrected chi connectivity index (χ3v) is 3.64. The molecule has 0 radical (unpaired) electrons. The Balaban J connectivity index is 1.54. The van der Waals surface area contributed by atoms with E-state index < -0.39 is 0 Å². The molecule has 0 aromatic heterocycles. The molecule has 3 atom stereocenters. The lowest BCUT2D eigenvalue weighted by Gasteiger charge is -2.16. The highest BCUT2D eigenvalue weighted by molar-refractivity contribution is 5.51. The standard InChI is InChI=1S/C15H18O6/c16-9-1-14(20-7-11-5-18-11)13(3-10-4-17-10)15(2-9)21-8-12-6-19-12/h1-2,10-12,16H,3-8H2. The van der Waals surface area contributed by atoms with Gasteiger partial charge in [0.05, 0.1) is 25.9 Å². The second-order valence-corrected chi connectivity index (χ2v) is 5.61. The number of rotatable bonds is 8. The summed E-state index contributed by atoms with van der Waals surface area (Å²) >= 11 is 0. The maximum atomic E-state index is 9.88. The van der Waals surface area contributed by atoms with E-state index in [1.54, 1.807) is 12.1 Å². The quantitative estimate of drug-likeness (QED) is 0.718. The Morgan fingerprint density at radius 1 is 0.905 bits per heavy atom. The zero-order valence-corrected chi connectivity index (χ0v) is 11.6. The van der Waals surface area contributed by atoms with E-state index in [-0.39, 0.29) is 24.1 Å². The normalized spacial score (nSPS) is 29.0. The van der Waals surface area contributed by atoms with E-state index in [1.165, 1.54) is 0 Å². The molecule has 1 N–H and O–H groups in total. The fourth-order valence-electron chi connectivity index (χ4n) is 2.17. The predicted octanol–water partition coefficient (Wildman–Crippen LogP) is 0.889. The van der Waals surface area contributed by atoms with Crippen LogP contribution in [0.25, 0.3) is 0 Å². The molecular weight excluding hydrogens is 276 g/mol. The van der Waals surface area contributed by atoms with Crippen molar-refractivity contribution in [2.45, 2.75) is 24.7 Å². The van der Waals surface area contributed by atoms with E-state index in [1.807, 2.05) is 0 Å². The van der Waals surface area contributed by atoms with Crippen LogP contribution in [-0.2, 0) is 20.6 Å². The van der Waals surface area contributed by atoms with Gasteiger partial charge in [0.1, 0.15) is 42.7 Å². The molecular formula is C15H18O6. The number of benzene rings is 1. The number of phenols is 1. The lowest BCUT2D eigenvalue weighted by atomic mass is 10.1. The van der Waals surface area contributed by atoms with E-state index in [0.717, 1.165) is 31.8 Å². The molecule has 1 aromatic rings. The predicted molar refractivity (Wildman–Crippen MR) is 72.0 cm³/mol.